The molecular weight excluding hydrogens is 218 g/mol. The average Bonchev–Trinajstić information content (AvgIpc) is 2.46. The first-order valence-corrected chi connectivity index (χ1v) is 5.70. The van der Waals surface area contributed by atoms with Gasteiger partial charge < -0.3 is 9.84 Å². The molecule has 0 aliphatic carbocycles. The Bertz CT molecular complexity index is 416. The van der Waals surface area contributed by atoms with E-state index in [2.05, 4.69) is 5.32 Å². The molecule has 1 heterocycles. The van der Waals surface area contributed by atoms with Crippen molar-refractivity contribution < 1.29 is 14.6 Å². The molecule has 2 rings (SSSR count). The number of aliphatic hydroxyl groups is 1. The first-order valence-electron chi connectivity index (χ1n) is 5.70. The average molecular weight is 235 g/mol. The van der Waals surface area contributed by atoms with Crippen LogP contribution in [0.15, 0.2) is 30.3 Å². The minimum absolute atomic E-state index is 0.564. The van der Waals surface area contributed by atoms with Crippen LogP contribution >= 0.6 is 0 Å². The van der Waals surface area contributed by atoms with Crippen LogP contribution in [0.25, 0.3) is 0 Å². The van der Waals surface area contributed by atoms with E-state index in [9.17, 15) is 9.90 Å². The number of carbonyl (C=O) groups excluding carboxylic acids is 1. The van der Waals surface area contributed by atoms with Crippen molar-refractivity contribution in [2.45, 2.75) is 38.0 Å². The van der Waals surface area contributed by atoms with Crippen molar-refractivity contribution in [3.05, 3.63) is 35.9 Å². The fraction of sp³-hybridized carbons (Fsp3) is 0.462. The zero-order chi connectivity index (χ0) is 12.5. The Balaban J connectivity index is 2.06. The summed E-state index contributed by atoms with van der Waals surface area (Å²) in [6.45, 7) is 3.30. The van der Waals surface area contributed by atoms with Crippen LogP contribution in [0.2, 0.25) is 0 Å². The van der Waals surface area contributed by atoms with Crippen molar-refractivity contribution in [2.24, 2.45) is 0 Å². The van der Waals surface area contributed by atoms with E-state index in [4.69, 9.17) is 4.74 Å². The maximum Gasteiger partial charge on any atom is 0.410 e. The number of alkyl carbamates (subject to hydrolysis) is 1. The summed E-state index contributed by atoms with van der Waals surface area (Å²) in [6.07, 6.45) is 0.760. The van der Waals surface area contributed by atoms with Crippen molar-refractivity contribution >= 4 is 6.09 Å². The molecule has 1 aromatic rings. The molecular formula is C13H17NO3. The number of amides is 1. The van der Waals surface area contributed by atoms with Crippen LogP contribution in [-0.2, 0) is 11.2 Å². The van der Waals surface area contributed by atoms with Crippen LogP contribution in [0, 0.1) is 0 Å². The Hall–Kier alpha value is -1.55. The third-order valence-corrected chi connectivity index (χ3v) is 3.43. The zero-order valence-electron chi connectivity index (χ0n) is 10.1. The highest BCUT2D eigenvalue weighted by Crippen LogP contribution is 2.33. The number of benzene rings is 1. The summed E-state index contributed by atoms with van der Waals surface area (Å²) < 4.78 is 5.19. The number of aryl methyl sites for hydroxylation is 1. The minimum atomic E-state index is -1.32. The molecule has 1 aliphatic heterocycles. The predicted molar refractivity (Wildman–Crippen MR) is 63.4 cm³/mol. The molecule has 0 unspecified atom stereocenters. The van der Waals surface area contributed by atoms with Gasteiger partial charge in [0.15, 0.2) is 11.3 Å². The van der Waals surface area contributed by atoms with Gasteiger partial charge in [0.1, 0.15) is 0 Å². The number of cyclic esters (lactones) is 1. The lowest BCUT2D eigenvalue weighted by Gasteiger charge is -2.32. The van der Waals surface area contributed by atoms with Gasteiger partial charge >= 0.3 is 6.09 Å². The highest BCUT2D eigenvalue weighted by atomic mass is 16.6. The zero-order valence-corrected chi connectivity index (χ0v) is 10.1. The summed E-state index contributed by atoms with van der Waals surface area (Å²) in [4.78, 5) is 11.2. The van der Waals surface area contributed by atoms with Crippen LogP contribution in [0.4, 0.5) is 4.79 Å². The lowest BCUT2D eigenvalue weighted by Crippen LogP contribution is -2.53. The van der Waals surface area contributed by atoms with Gasteiger partial charge in [-0.15, -0.1) is 0 Å². The molecule has 2 N–H and O–H groups in total. The van der Waals surface area contributed by atoms with Gasteiger partial charge in [-0.3, -0.25) is 5.32 Å². The molecule has 17 heavy (non-hydrogen) atoms. The van der Waals surface area contributed by atoms with E-state index in [1.807, 2.05) is 30.3 Å². The Morgan fingerprint density at radius 2 is 1.94 bits per heavy atom. The SMILES string of the molecule is C[C@]1(O)NC(=O)O[C@@]1(C)CCc1ccccc1. The van der Waals surface area contributed by atoms with Crippen LogP contribution in [0.3, 0.4) is 0 Å². The first kappa shape index (κ1) is 11.9. The van der Waals surface area contributed by atoms with E-state index < -0.39 is 17.4 Å². The molecule has 0 saturated carbocycles. The molecule has 4 nitrogen and oxygen atoms in total. The van der Waals surface area contributed by atoms with Crippen molar-refractivity contribution in [1.82, 2.24) is 5.32 Å². The Labute approximate surface area is 101 Å². The van der Waals surface area contributed by atoms with Crippen LogP contribution in [0.1, 0.15) is 25.8 Å². The fourth-order valence-corrected chi connectivity index (χ4v) is 1.98. The van der Waals surface area contributed by atoms with Gasteiger partial charge in [-0.25, -0.2) is 4.79 Å². The normalized spacial score (nSPS) is 32.1. The number of rotatable bonds is 3. The van der Waals surface area contributed by atoms with E-state index in [1.54, 1.807) is 13.8 Å². The number of nitrogens with one attached hydrogen (secondary N) is 1. The van der Waals surface area contributed by atoms with Crippen molar-refractivity contribution in [3.63, 3.8) is 0 Å². The molecule has 0 spiro atoms. The summed E-state index contributed by atoms with van der Waals surface area (Å²) in [5, 5.41) is 12.5. The van der Waals surface area contributed by atoms with Crippen molar-refractivity contribution in [3.8, 4) is 0 Å². The number of carbonyl (C=O) groups is 1. The van der Waals surface area contributed by atoms with Gasteiger partial charge in [0.2, 0.25) is 0 Å². The quantitative estimate of drug-likeness (QED) is 0.840. The molecule has 1 aliphatic rings. The molecule has 1 fully saturated rings. The largest absolute Gasteiger partial charge is 0.438 e. The molecule has 2 atom stereocenters. The molecule has 1 aromatic carbocycles. The van der Waals surface area contributed by atoms with Crippen LogP contribution < -0.4 is 5.32 Å². The van der Waals surface area contributed by atoms with Gasteiger partial charge in [-0.05, 0) is 32.3 Å². The maximum absolute atomic E-state index is 11.2. The van der Waals surface area contributed by atoms with E-state index in [0.717, 1.165) is 12.0 Å². The second kappa shape index (κ2) is 4.04. The van der Waals surface area contributed by atoms with Gasteiger partial charge in [0.05, 0.1) is 0 Å². The predicted octanol–water partition coefficient (Wildman–Crippen LogP) is 1.83. The number of hydrogen-bond donors (Lipinski definition) is 2. The Morgan fingerprint density at radius 1 is 1.29 bits per heavy atom. The fourth-order valence-electron chi connectivity index (χ4n) is 1.98. The number of hydrogen-bond acceptors (Lipinski definition) is 3. The van der Waals surface area contributed by atoms with E-state index in [0.29, 0.717) is 6.42 Å². The monoisotopic (exact) mass is 235 g/mol. The molecule has 1 saturated heterocycles. The molecule has 0 bridgehead atoms. The van der Waals surface area contributed by atoms with Crippen LogP contribution in [-0.4, -0.2) is 22.5 Å². The second-order valence-corrected chi connectivity index (χ2v) is 4.80. The summed E-state index contributed by atoms with van der Waals surface area (Å²) in [6, 6.07) is 9.92. The molecule has 0 aromatic heterocycles. The Kier molecular flexibility index (Phi) is 2.83. The third-order valence-electron chi connectivity index (χ3n) is 3.43. The summed E-state index contributed by atoms with van der Waals surface area (Å²) in [5.74, 6) is 0. The lowest BCUT2D eigenvalue weighted by molar-refractivity contribution is -0.0976. The number of ether oxygens (including phenoxy) is 1. The van der Waals surface area contributed by atoms with E-state index in [1.165, 1.54) is 0 Å². The van der Waals surface area contributed by atoms with Gasteiger partial charge in [-0.1, -0.05) is 30.3 Å². The maximum atomic E-state index is 11.2. The Morgan fingerprint density at radius 3 is 2.47 bits per heavy atom. The minimum Gasteiger partial charge on any atom is -0.438 e. The van der Waals surface area contributed by atoms with Crippen LogP contribution in [0.5, 0.6) is 0 Å². The topological polar surface area (TPSA) is 58.6 Å². The summed E-state index contributed by atoms with van der Waals surface area (Å²) in [7, 11) is 0. The standard InChI is InChI=1S/C13H17NO3/c1-12(13(2,16)14-11(15)17-12)9-8-10-6-4-3-5-7-10/h3-7,16H,8-9H2,1-2H3,(H,14,15)/t12-,13+/m0/s1. The first-order chi connectivity index (χ1) is 7.93. The van der Waals surface area contributed by atoms with Gasteiger partial charge in [-0.2, -0.15) is 0 Å². The highest BCUT2D eigenvalue weighted by Gasteiger charge is 2.53. The van der Waals surface area contributed by atoms with Gasteiger partial charge in [0.25, 0.3) is 0 Å². The molecule has 92 valence electrons. The lowest BCUT2D eigenvalue weighted by atomic mass is 9.88. The van der Waals surface area contributed by atoms with Crippen molar-refractivity contribution in [2.75, 3.05) is 0 Å². The summed E-state index contributed by atoms with van der Waals surface area (Å²) >= 11 is 0. The molecule has 4 heteroatoms. The summed E-state index contributed by atoms with van der Waals surface area (Å²) in [5.41, 5.74) is -1.05. The molecule has 1 amide bonds. The smallest absolute Gasteiger partial charge is 0.410 e. The van der Waals surface area contributed by atoms with Crippen molar-refractivity contribution in [1.29, 1.82) is 0 Å². The second-order valence-electron chi connectivity index (χ2n) is 4.80. The third kappa shape index (κ3) is 2.26. The highest BCUT2D eigenvalue weighted by molar-refractivity contribution is 5.71. The van der Waals surface area contributed by atoms with E-state index >= 15 is 0 Å². The van der Waals surface area contributed by atoms with E-state index in [-0.39, 0.29) is 0 Å². The van der Waals surface area contributed by atoms with Gasteiger partial charge in [0, 0.05) is 0 Å². The molecule has 0 radical (unpaired) electrons.